The van der Waals surface area contributed by atoms with E-state index in [9.17, 15) is 19.7 Å². The van der Waals surface area contributed by atoms with Crippen LogP contribution >= 0.6 is 0 Å². The Kier molecular flexibility index (Phi) is 6.69. The molecule has 0 aliphatic rings. The summed E-state index contributed by atoms with van der Waals surface area (Å²) < 4.78 is 11.9. The van der Waals surface area contributed by atoms with Crippen molar-refractivity contribution in [2.45, 2.75) is 6.92 Å². The van der Waals surface area contributed by atoms with Gasteiger partial charge in [-0.15, -0.1) is 0 Å². The average Bonchev–Trinajstić information content (AvgIpc) is 3.49. The van der Waals surface area contributed by atoms with Gasteiger partial charge < -0.3 is 14.6 Å². The van der Waals surface area contributed by atoms with Crippen molar-refractivity contribution >= 4 is 23.2 Å². The zero-order valence-electron chi connectivity index (χ0n) is 19.2. The maximum absolute atomic E-state index is 13.0. The van der Waals surface area contributed by atoms with Crippen LogP contribution in [0.2, 0.25) is 0 Å². The second kappa shape index (κ2) is 10.0. The van der Waals surface area contributed by atoms with E-state index in [2.05, 4.69) is 26.0 Å². The van der Waals surface area contributed by atoms with Crippen LogP contribution in [0.25, 0.3) is 28.7 Å². The number of rotatable bonds is 8. The minimum atomic E-state index is -0.707. The number of methoxy groups -OCH3 is 1. The third-order valence-electron chi connectivity index (χ3n) is 4.86. The van der Waals surface area contributed by atoms with E-state index in [1.165, 1.54) is 50.1 Å². The van der Waals surface area contributed by atoms with Crippen LogP contribution in [0.3, 0.4) is 0 Å². The molecule has 0 saturated heterocycles. The number of non-ortho nitro benzene ring substituents is 1. The van der Waals surface area contributed by atoms with Gasteiger partial charge in [0, 0.05) is 30.7 Å². The van der Waals surface area contributed by atoms with Gasteiger partial charge in [0.05, 0.1) is 24.8 Å². The minimum Gasteiger partial charge on any atom is -0.497 e. The van der Waals surface area contributed by atoms with Crippen molar-refractivity contribution in [3.05, 3.63) is 64.3 Å². The van der Waals surface area contributed by atoms with E-state index in [0.29, 0.717) is 17.0 Å². The molecule has 0 radical (unpaired) electrons. The predicted octanol–water partition coefficient (Wildman–Crippen LogP) is 2.76. The summed E-state index contributed by atoms with van der Waals surface area (Å²) in [6.07, 6.45) is 0. The molecule has 2 aromatic heterocycles. The van der Waals surface area contributed by atoms with Gasteiger partial charge in [-0.25, -0.2) is 10.2 Å². The second-order valence-corrected chi connectivity index (χ2v) is 7.23. The number of nitro groups is 1. The first-order valence-corrected chi connectivity index (χ1v) is 10.3. The highest BCUT2D eigenvalue weighted by atomic mass is 16.6. The van der Waals surface area contributed by atoms with Crippen molar-refractivity contribution in [1.82, 2.24) is 25.4 Å². The number of amides is 2. The highest BCUT2D eigenvalue weighted by Crippen LogP contribution is 2.33. The molecule has 2 heterocycles. The number of nitrogens with zero attached hydrogens (tertiary/aromatic N) is 5. The van der Waals surface area contributed by atoms with Gasteiger partial charge in [-0.2, -0.15) is 10.1 Å². The summed E-state index contributed by atoms with van der Waals surface area (Å²) in [5.41, 5.74) is 2.95. The number of nitrogens with one attached hydrogen (secondary N) is 2. The Balaban J connectivity index is 1.87. The van der Waals surface area contributed by atoms with Gasteiger partial charge in [-0.1, -0.05) is 11.2 Å². The normalized spacial score (nSPS) is 10.6. The molecule has 0 fully saturated rings. The van der Waals surface area contributed by atoms with E-state index in [-0.39, 0.29) is 34.5 Å². The smallest absolute Gasteiger partial charge is 0.295 e. The van der Waals surface area contributed by atoms with Gasteiger partial charge in [0.25, 0.3) is 17.5 Å². The van der Waals surface area contributed by atoms with Crippen molar-refractivity contribution < 1.29 is 28.6 Å². The monoisotopic (exact) mass is 493 g/mol. The lowest BCUT2D eigenvalue weighted by molar-refractivity contribution is -0.384. The first-order chi connectivity index (χ1) is 17.3. The molecule has 2 N–H and O–H groups in total. The lowest BCUT2D eigenvalue weighted by Gasteiger charge is -2.10. The molecule has 0 saturated carbocycles. The summed E-state index contributed by atoms with van der Waals surface area (Å²) >= 11 is 0. The predicted molar refractivity (Wildman–Crippen MR) is 124 cm³/mol. The zero-order valence-corrected chi connectivity index (χ0v) is 19.2. The van der Waals surface area contributed by atoms with Gasteiger partial charge in [0.15, 0.2) is 11.4 Å². The molecule has 2 aromatic carbocycles. The Labute approximate surface area is 202 Å². The summed E-state index contributed by atoms with van der Waals surface area (Å²) in [5.74, 6) is -0.676. The fourth-order valence-electron chi connectivity index (χ4n) is 3.31. The zero-order chi connectivity index (χ0) is 25.8. The summed E-state index contributed by atoms with van der Waals surface area (Å²) in [7, 11) is 2.76. The highest BCUT2D eigenvalue weighted by Gasteiger charge is 2.29. The summed E-state index contributed by atoms with van der Waals surface area (Å²) in [4.78, 5) is 44.5. The van der Waals surface area contributed by atoms with Gasteiger partial charge >= 0.3 is 0 Å². The molecule has 14 heteroatoms. The number of benzene rings is 2. The number of ether oxygens (including phenoxy) is 1. The summed E-state index contributed by atoms with van der Waals surface area (Å²) in [5, 5.41) is 21.9. The topological polar surface area (TPSA) is 177 Å². The van der Waals surface area contributed by atoms with E-state index in [4.69, 9.17) is 14.1 Å². The third kappa shape index (κ3) is 4.74. The molecule has 0 aliphatic carbocycles. The quantitative estimate of drug-likeness (QED) is 0.274. The molecular formula is C22H19N7O7. The molecule has 0 unspecified atom stereocenters. The molecule has 14 nitrogen and oxygen atoms in total. The Morgan fingerprint density at radius 1 is 1.14 bits per heavy atom. The van der Waals surface area contributed by atoms with Crippen LogP contribution < -0.4 is 15.5 Å². The molecule has 2 amide bonds. The van der Waals surface area contributed by atoms with Gasteiger partial charge in [0.1, 0.15) is 11.4 Å². The number of hydrogen-bond acceptors (Lipinski definition) is 10. The Morgan fingerprint density at radius 2 is 1.89 bits per heavy atom. The number of anilines is 1. The van der Waals surface area contributed by atoms with Crippen LogP contribution in [0, 0.1) is 10.1 Å². The maximum atomic E-state index is 13.0. The molecule has 0 atom stereocenters. The van der Waals surface area contributed by atoms with E-state index in [1.807, 2.05) is 0 Å². The van der Waals surface area contributed by atoms with Crippen LogP contribution in [0.4, 0.5) is 11.4 Å². The number of carbonyl (C=O) groups excluding carboxylic acids is 2. The summed E-state index contributed by atoms with van der Waals surface area (Å²) in [6, 6.07) is 12.2. The van der Waals surface area contributed by atoms with Gasteiger partial charge in [-0.3, -0.25) is 24.5 Å². The number of nitro benzene ring substituents is 1. The standard InChI is InChI=1S/C22H19N7O7/c1-12(30)23-17-18(20-24-22(36-26-20)13-7-9-14(10-8-13)29(32)33)25-28(19(17)21(31)27-35-3)15-5-4-6-16(11-15)34-2/h4-11H,1-3H3,(H,23,30)(H,27,31). The first-order valence-electron chi connectivity index (χ1n) is 10.3. The Hall–Kier alpha value is -5.11. The van der Waals surface area contributed by atoms with E-state index < -0.39 is 16.7 Å². The molecule has 4 rings (SSSR count). The number of hydroxylamine groups is 1. The lowest BCUT2D eigenvalue weighted by atomic mass is 10.2. The molecule has 36 heavy (non-hydrogen) atoms. The number of aromatic nitrogens is 4. The van der Waals surface area contributed by atoms with Crippen LogP contribution in [-0.2, 0) is 9.63 Å². The fourth-order valence-corrected chi connectivity index (χ4v) is 3.31. The SMILES string of the molecule is CONC(=O)c1c(NC(C)=O)c(-c2noc(-c3ccc([N+](=O)[O-])cc3)n2)nn1-c1cccc(OC)c1. The number of carbonyl (C=O) groups is 2. The second-order valence-electron chi connectivity index (χ2n) is 7.23. The van der Waals surface area contributed by atoms with E-state index >= 15 is 0 Å². The van der Waals surface area contributed by atoms with E-state index in [1.54, 1.807) is 24.3 Å². The van der Waals surface area contributed by atoms with Crippen molar-refractivity contribution in [3.63, 3.8) is 0 Å². The van der Waals surface area contributed by atoms with Crippen LogP contribution in [-0.4, -0.2) is 50.9 Å². The van der Waals surface area contributed by atoms with Crippen LogP contribution in [0.5, 0.6) is 5.75 Å². The Bertz CT molecular complexity index is 1440. The molecule has 0 spiro atoms. The molecule has 184 valence electrons. The van der Waals surface area contributed by atoms with Crippen molar-refractivity contribution in [2.24, 2.45) is 0 Å². The largest absolute Gasteiger partial charge is 0.497 e. The fraction of sp³-hybridized carbons (Fsp3) is 0.136. The highest BCUT2D eigenvalue weighted by molar-refractivity contribution is 6.05. The molecule has 0 bridgehead atoms. The number of hydrogen-bond donors (Lipinski definition) is 2. The average molecular weight is 493 g/mol. The van der Waals surface area contributed by atoms with Crippen LogP contribution in [0.1, 0.15) is 17.4 Å². The van der Waals surface area contributed by atoms with E-state index in [0.717, 1.165) is 0 Å². The molecule has 0 aliphatic heterocycles. The summed E-state index contributed by atoms with van der Waals surface area (Å²) in [6.45, 7) is 1.27. The van der Waals surface area contributed by atoms with Crippen LogP contribution in [0.15, 0.2) is 53.1 Å². The van der Waals surface area contributed by atoms with Crippen molar-refractivity contribution in [2.75, 3.05) is 19.5 Å². The lowest BCUT2D eigenvalue weighted by Crippen LogP contribution is -2.26. The van der Waals surface area contributed by atoms with Gasteiger partial charge in [-0.05, 0) is 24.3 Å². The van der Waals surface area contributed by atoms with Gasteiger partial charge in [0.2, 0.25) is 11.7 Å². The Morgan fingerprint density at radius 3 is 2.53 bits per heavy atom. The van der Waals surface area contributed by atoms with Crippen molar-refractivity contribution in [1.29, 1.82) is 0 Å². The third-order valence-corrected chi connectivity index (χ3v) is 4.86. The molecule has 4 aromatic rings. The van der Waals surface area contributed by atoms with Crippen molar-refractivity contribution in [3.8, 4) is 34.4 Å². The maximum Gasteiger partial charge on any atom is 0.295 e. The first kappa shape index (κ1) is 24.0. The molecular weight excluding hydrogens is 474 g/mol. The minimum absolute atomic E-state index is 0.0101.